The van der Waals surface area contributed by atoms with Gasteiger partial charge < -0.3 is 20.5 Å². The summed E-state index contributed by atoms with van der Waals surface area (Å²) >= 11 is 6.17. The van der Waals surface area contributed by atoms with Gasteiger partial charge in [-0.3, -0.25) is 4.79 Å². The van der Waals surface area contributed by atoms with Crippen LogP contribution in [0.15, 0.2) is 18.2 Å². The third kappa shape index (κ3) is 4.35. The van der Waals surface area contributed by atoms with Gasteiger partial charge in [0.15, 0.2) is 0 Å². The van der Waals surface area contributed by atoms with Gasteiger partial charge in [-0.05, 0) is 43.5 Å². The number of methoxy groups -OCH3 is 1. The van der Waals surface area contributed by atoms with Gasteiger partial charge in [-0.1, -0.05) is 18.0 Å². The van der Waals surface area contributed by atoms with Gasteiger partial charge in [0.1, 0.15) is 12.4 Å². The predicted molar refractivity (Wildman–Crippen MR) is 87.3 cm³/mol. The van der Waals surface area contributed by atoms with Crippen molar-refractivity contribution in [2.75, 3.05) is 32.2 Å². The standard InChI is InChI=1S/C16H23ClN2O3/c1-21-7-8-22-15-6-5-12(9-14(15)17)19-16(20)13-4-2-3-11(13)10-18/h5-6,9,11,13H,2-4,7-8,10,18H2,1H3,(H,19,20)/t11-,13-/m1/s1. The number of amides is 1. The van der Waals surface area contributed by atoms with Crippen molar-refractivity contribution in [1.82, 2.24) is 0 Å². The molecule has 1 aromatic carbocycles. The summed E-state index contributed by atoms with van der Waals surface area (Å²) in [5.74, 6) is 0.892. The number of carbonyl (C=O) groups excluding carboxylic acids is 1. The lowest BCUT2D eigenvalue weighted by molar-refractivity contribution is -0.120. The Bertz CT molecular complexity index is 510. The largest absolute Gasteiger partial charge is 0.490 e. The average molecular weight is 327 g/mol. The predicted octanol–water partition coefficient (Wildman–Crippen LogP) is 2.68. The van der Waals surface area contributed by atoms with E-state index in [1.807, 2.05) is 0 Å². The Balaban J connectivity index is 1.95. The van der Waals surface area contributed by atoms with Crippen LogP contribution in [-0.4, -0.2) is 32.8 Å². The summed E-state index contributed by atoms with van der Waals surface area (Å²) in [6.45, 7) is 1.49. The molecule has 3 N–H and O–H groups in total. The SMILES string of the molecule is COCCOc1ccc(NC(=O)[C@@H]2CCC[C@@H]2CN)cc1Cl. The van der Waals surface area contributed by atoms with Gasteiger partial charge in [0.2, 0.25) is 5.91 Å². The maximum absolute atomic E-state index is 12.3. The molecule has 0 unspecified atom stereocenters. The third-order valence-corrected chi connectivity index (χ3v) is 4.34. The molecule has 22 heavy (non-hydrogen) atoms. The van der Waals surface area contributed by atoms with E-state index in [2.05, 4.69) is 5.32 Å². The Morgan fingerprint density at radius 3 is 2.91 bits per heavy atom. The lowest BCUT2D eigenvalue weighted by Crippen LogP contribution is -2.29. The van der Waals surface area contributed by atoms with Gasteiger partial charge in [-0.15, -0.1) is 0 Å². The fourth-order valence-corrected chi connectivity index (χ4v) is 3.06. The molecule has 2 rings (SSSR count). The normalized spacial score (nSPS) is 20.9. The van der Waals surface area contributed by atoms with Crippen LogP contribution >= 0.6 is 11.6 Å². The number of carbonyl (C=O) groups is 1. The lowest BCUT2D eigenvalue weighted by atomic mass is 9.95. The Morgan fingerprint density at radius 2 is 2.23 bits per heavy atom. The minimum atomic E-state index is 0.00130. The Labute approximate surface area is 136 Å². The number of anilines is 1. The van der Waals surface area contributed by atoms with Crippen LogP contribution in [0.25, 0.3) is 0 Å². The quantitative estimate of drug-likeness (QED) is 0.755. The molecule has 1 aromatic rings. The topological polar surface area (TPSA) is 73.6 Å². The average Bonchev–Trinajstić information content (AvgIpc) is 2.98. The van der Waals surface area contributed by atoms with Gasteiger partial charge in [-0.2, -0.15) is 0 Å². The van der Waals surface area contributed by atoms with Gasteiger partial charge in [0.25, 0.3) is 0 Å². The fraction of sp³-hybridized carbons (Fsp3) is 0.562. The van der Waals surface area contributed by atoms with Crippen LogP contribution in [0.4, 0.5) is 5.69 Å². The van der Waals surface area contributed by atoms with Crippen LogP contribution in [0.1, 0.15) is 19.3 Å². The van der Waals surface area contributed by atoms with E-state index < -0.39 is 0 Å². The van der Waals surface area contributed by atoms with Crippen LogP contribution in [0.2, 0.25) is 5.02 Å². The first kappa shape index (κ1) is 17.1. The van der Waals surface area contributed by atoms with E-state index in [1.165, 1.54) is 0 Å². The molecule has 0 spiro atoms. The maximum Gasteiger partial charge on any atom is 0.227 e. The van der Waals surface area contributed by atoms with Gasteiger partial charge in [-0.25, -0.2) is 0 Å². The molecule has 5 nitrogen and oxygen atoms in total. The Kier molecular flexibility index (Phi) is 6.49. The van der Waals surface area contributed by atoms with E-state index >= 15 is 0 Å². The number of rotatable bonds is 7. The minimum absolute atomic E-state index is 0.00130. The highest BCUT2D eigenvalue weighted by molar-refractivity contribution is 6.32. The summed E-state index contributed by atoms with van der Waals surface area (Å²) in [5.41, 5.74) is 6.41. The van der Waals surface area contributed by atoms with E-state index in [0.29, 0.717) is 36.2 Å². The molecule has 0 radical (unpaired) electrons. The van der Waals surface area contributed by atoms with Crippen molar-refractivity contribution in [3.63, 3.8) is 0 Å². The molecule has 0 aromatic heterocycles. The van der Waals surface area contributed by atoms with E-state index in [4.69, 9.17) is 26.8 Å². The summed E-state index contributed by atoms with van der Waals surface area (Å²) in [5, 5.41) is 3.39. The molecule has 2 atom stereocenters. The zero-order chi connectivity index (χ0) is 15.9. The second-order valence-electron chi connectivity index (χ2n) is 5.51. The molecule has 122 valence electrons. The molecule has 0 bridgehead atoms. The zero-order valence-corrected chi connectivity index (χ0v) is 13.6. The number of benzene rings is 1. The van der Waals surface area contributed by atoms with E-state index in [0.717, 1.165) is 19.3 Å². The monoisotopic (exact) mass is 326 g/mol. The van der Waals surface area contributed by atoms with Crippen molar-refractivity contribution < 1.29 is 14.3 Å². The molecule has 1 saturated carbocycles. The maximum atomic E-state index is 12.3. The number of hydrogen-bond acceptors (Lipinski definition) is 4. The molecule has 1 fully saturated rings. The van der Waals surface area contributed by atoms with E-state index in [-0.39, 0.29) is 17.7 Å². The first-order valence-corrected chi connectivity index (χ1v) is 7.95. The van der Waals surface area contributed by atoms with Crippen molar-refractivity contribution >= 4 is 23.2 Å². The second kappa shape index (κ2) is 8.36. The molecular weight excluding hydrogens is 304 g/mol. The Morgan fingerprint density at radius 1 is 1.41 bits per heavy atom. The lowest BCUT2D eigenvalue weighted by Gasteiger charge is -2.17. The summed E-state index contributed by atoms with van der Waals surface area (Å²) in [6, 6.07) is 5.25. The Hall–Kier alpha value is -1.30. The number of halogens is 1. The zero-order valence-electron chi connectivity index (χ0n) is 12.8. The highest BCUT2D eigenvalue weighted by Crippen LogP contribution is 2.33. The van der Waals surface area contributed by atoms with Crippen LogP contribution in [0.3, 0.4) is 0 Å². The van der Waals surface area contributed by atoms with E-state index in [9.17, 15) is 4.79 Å². The van der Waals surface area contributed by atoms with Crippen LogP contribution < -0.4 is 15.8 Å². The summed E-state index contributed by atoms with van der Waals surface area (Å²) in [4.78, 5) is 12.3. The van der Waals surface area contributed by atoms with Gasteiger partial charge in [0, 0.05) is 18.7 Å². The first-order chi connectivity index (χ1) is 10.7. The van der Waals surface area contributed by atoms with Crippen molar-refractivity contribution in [2.45, 2.75) is 19.3 Å². The van der Waals surface area contributed by atoms with Crippen LogP contribution in [0, 0.1) is 11.8 Å². The summed E-state index contributed by atoms with van der Waals surface area (Å²) in [7, 11) is 1.61. The highest BCUT2D eigenvalue weighted by atomic mass is 35.5. The summed E-state index contributed by atoms with van der Waals surface area (Å²) in [6.07, 6.45) is 2.99. The molecular formula is C16H23ClN2O3. The smallest absolute Gasteiger partial charge is 0.227 e. The molecule has 0 heterocycles. The van der Waals surface area contributed by atoms with Crippen LogP contribution in [-0.2, 0) is 9.53 Å². The number of nitrogens with two attached hydrogens (primary N) is 1. The van der Waals surface area contributed by atoms with Crippen LogP contribution in [0.5, 0.6) is 5.75 Å². The highest BCUT2D eigenvalue weighted by Gasteiger charge is 2.31. The second-order valence-corrected chi connectivity index (χ2v) is 5.92. The van der Waals surface area contributed by atoms with Crippen molar-refractivity contribution in [1.29, 1.82) is 0 Å². The number of hydrogen-bond donors (Lipinski definition) is 2. The van der Waals surface area contributed by atoms with Crippen molar-refractivity contribution in [3.8, 4) is 5.75 Å². The minimum Gasteiger partial charge on any atom is -0.490 e. The van der Waals surface area contributed by atoms with Gasteiger partial charge in [0.05, 0.1) is 11.6 Å². The number of nitrogens with one attached hydrogen (secondary N) is 1. The molecule has 0 aliphatic heterocycles. The van der Waals surface area contributed by atoms with Crippen molar-refractivity contribution in [2.24, 2.45) is 17.6 Å². The number of ether oxygens (including phenoxy) is 2. The molecule has 6 heteroatoms. The first-order valence-electron chi connectivity index (χ1n) is 7.58. The molecule has 1 amide bonds. The third-order valence-electron chi connectivity index (χ3n) is 4.04. The summed E-state index contributed by atoms with van der Waals surface area (Å²) < 4.78 is 10.4. The molecule has 1 aliphatic rings. The molecule has 0 saturated heterocycles. The molecule has 1 aliphatic carbocycles. The van der Waals surface area contributed by atoms with Gasteiger partial charge >= 0.3 is 0 Å². The van der Waals surface area contributed by atoms with E-state index in [1.54, 1.807) is 25.3 Å². The fourth-order valence-electron chi connectivity index (χ4n) is 2.83. The van der Waals surface area contributed by atoms with Crippen molar-refractivity contribution in [3.05, 3.63) is 23.2 Å².